The van der Waals surface area contributed by atoms with Crippen LogP contribution in [-0.4, -0.2) is 52.8 Å². The van der Waals surface area contributed by atoms with E-state index in [4.69, 9.17) is 14.0 Å². The Morgan fingerprint density at radius 1 is 1.08 bits per heavy atom. The number of hydrogen-bond acceptors (Lipinski definition) is 9. The molecule has 3 atom stereocenters. The van der Waals surface area contributed by atoms with Crippen molar-refractivity contribution < 1.29 is 36.7 Å². The molecular formula is C27H27F3N4O5. The first kappa shape index (κ1) is 25.6. The second-order valence-corrected chi connectivity index (χ2v) is 10.1. The number of aromatic nitrogens is 3. The van der Waals surface area contributed by atoms with Crippen LogP contribution in [-0.2, 0) is 16.1 Å². The van der Waals surface area contributed by atoms with Gasteiger partial charge in [0.1, 0.15) is 23.0 Å². The molecule has 0 N–H and O–H groups in total. The van der Waals surface area contributed by atoms with E-state index >= 15 is 0 Å². The zero-order chi connectivity index (χ0) is 27.1. The molecule has 2 bridgehead atoms. The fraction of sp³-hybridized carbons (Fsp3) is 0.481. The van der Waals surface area contributed by atoms with E-state index in [9.17, 15) is 18.0 Å². The van der Waals surface area contributed by atoms with E-state index < -0.39 is 12.3 Å². The molecule has 12 heteroatoms. The molecule has 0 spiro atoms. The van der Waals surface area contributed by atoms with Crippen molar-refractivity contribution in [3.05, 3.63) is 53.7 Å². The van der Waals surface area contributed by atoms with Gasteiger partial charge in [0, 0.05) is 29.1 Å². The second-order valence-electron chi connectivity index (χ2n) is 10.1. The normalized spacial score (nSPS) is 22.7. The lowest BCUT2D eigenvalue weighted by molar-refractivity contribution is -0.274. The van der Waals surface area contributed by atoms with Gasteiger partial charge in [0.15, 0.2) is 5.69 Å². The van der Waals surface area contributed by atoms with Crippen molar-refractivity contribution in [1.29, 1.82) is 0 Å². The highest BCUT2D eigenvalue weighted by Gasteiger charge is 2.42. The highest BCUT2D eigenvalue weighted by Crippen LogP contribution is 2.46. The fourth-order valence-electron chi connectivity index (χ4n) is 5.72. The zero-order valence-electron chi connectivity index (χ0n) is 21.2. The zero-order valence-corrected chi connectivity index (χ0v) is 21.2. The number of carbonyl (C=O) groups excluding carboxylic acids is 1. The quantitative estimate of drug-likeness (QED) is 0.345. The van der Waals surface area contributed by atoms with E-state index in [1.165, 1.54) is 25.4 Å². The minimum Gasteiger partial charge on any atom is -0.464 e. The van der Waals surface area contributed by atoms with Crippen molar-refractivity contribution in [2.24, 2.45) is 0 Å². The predicted molar refractivity (Wildman–Crippen MR) is 131 cm³/mol. The maximum Gasteiger partial charge on any atom is 0.573 e. The average Bonchev–Trinajstić information content (AvgIpc) is 3.62. The maximum atomic E-state index is 13.1. The van der Waals surface area contributed by atoms with Crippen molar-refractivity contribution in [2.45, 2.75) is 75.6 Å². The van der Waals surface area contributed by atoms with E-state index in [1.807, 2.05) is 0 Å². The van der Waals surface area contributed by atoms with Crippen LogP contribution in [0.5, 0.6) is 5.75 Å². The molecular weight excluding hydrogens is 517 g/mol. The number of alkyl halides is 3. The number of hydrogen-bond donors (Lipinski definition) is 0. The Morgan fingerprint density at radius 2 is 1.82 bits per heavy atom. The Hall–Kier alpha value is -3.67. The largest absolute Gasteiger partial charge is 0.573 e. The molecule has 9 nitrogen and oxygen atoms in total. The van der Waals surface area contributed by atoms with Crippen LogP contribution in [0, 0.1) is 0 Å². The SMILES string of the molecule is COC(=O)c1cnc(N2[C@@H]3CC[C@H]2CC(OCc2c(-c4ccccc4OC(F)(F)F)noc2C2CC2)C3)cn1. The molecule has 6 rings (SSSR count). The molecule has 1 saturated carbocycles. The number of nitrogens with zero attached hydrogens (tertiary/aromatic N) is 4. The number of piperidine rings is 1. The Kier molecular flexibility index (Phi) is 6.66. The Bertz CT molecular complexity index is 1330. The van der Waals surface area contributed by atoms with Crippen LogP contribution in [0.25, 0.3) is 11.3 Å². The van der Waals surface area contributed by atoms with Crippen LogP contribution in [0.4, 0.5) is 19.0 Å². The van der Waals surface area contributed by atoms with Crippen LogP contribution in [0.2, 0.25) is 0 Å². The van der Waals surface area contributed by atoms with Gasteiger partial charge in [-0.1, -0.05) is 17.3 Å². The van der Waals surface area contributed by atoms with Crippen molar-refractivity contribution in [1.82, 2.24) is 15.1 Å². The first-order chi connectivity index (χ1) is 18.8. The standard InChI is InChI=1S/C27H27F3N4O5/c1-36-26(35)21-12-32-23(13-31-21)34-16-8-9-17(34)11-18(10-16)37-14-20-24(33-39-25(20)15-6-7-15)19-4-2-3-5-22(19)38-27(28,29)30/h2-5,12-13,15-18H,6-11,14H2,1H3/t16-,17+,18?. The molecule has 0 radical (unpaired) electrons. The van der Waals surface area contributed by atoms with E-state index in [0.29, 0.717) is 22.8 Å². The van der Waals surface area contributed by atoms with Crippen LogP contribution < -0.4 is 9.64 Å². The number of methoxy groups -OCH3 is 1. The summed E-state index contributed by atoms with van der Waals surface area (Å²) in [5.41, 5.74) is 1.37. The summed E-state index contributed by atoms with van der Waals surface area (Å²) in [5, 5.41) is 4.16. The van der Waals surface area contributed by atoms with Crippen molar-refractivity contribution in [3.8, 4) is 17.0 Å². The van der Waals surface area contributed by atoms with Gasteiger partial charge >= 0.3 is 12.3 Å². The summed E-state index contributed by atoms with van der Waals surface area (Å²) in [4.78, 5) is 22.6. The third-order valence-electron chi connectivity index (χ3n) is 7.59. The Morgan fingerprint density at radius 3 is 2.46 bits per heavy atom. The number of ether oxygens (including phenoxy) is 3. The number of anilines is 1. The summed E-state index contributed by atoms with van der Waals surface area (Å²) in [6.45, 7) is 0.183. The third-order valence-corrected chi connectivity index (χ3v) is 7.59. The first-order valence-electron chi connectivity index (χ1n) is 12.9. The predicted octanol–water partition coefficient (Wildman–Crippen LogP) is 5.41. The number of fused-ring (bicyclic) bond motifs is 2. The summed E-state index contributed by atoms with van der Waals surface area (Å²) in [7, 11) is 1.30. The van der Waals surface area contributed by atoms with Gasteiger partial charge in [-0.3, -0.25) is 0 Å². The molecule has 0 amide bonds. The van der Waals surface area contributed by atoms with Gasteiger partial charge in [-0.25, -0.2) is 14.8 Å². The molecule has 3 aliphatic rings. The number of carbonyl (C=O) groups is 1. The van der Waals surface area contributed by atoms with Crippen LogP contribution in [0.15, 0.2) is 41.2 Å². The number of esters is 1. The van der Waals surface area contributed by atoms with Crippen molar-refractivity contribution >= 4 is 11.8 Å². The van der Waals surface area contributed by atoms with E-state index in [-0.39, 0.29) is 47.7 Å². The molecule has 4 heterocycles. The lowest BCUT2D eigenvalue weighted by Gasteiger charge is -2.39. The highest BCUT2D eigenvalue weighted by molar-refractivity contribution is 5.86. The minimum absolute atomic E-state index is 0.0440. The average molecular weight is 545 g/mol. The molecule has 39 heavy (non-hydrogen) atoms. The fourth-order valence-corrected chi connectivity index (χ4v) is 5.72. The lowest BCUT2D eigenvalue weighted by Crippen LogP contribution is -2.46. The molecule has 2 aromatic heterocycles. The first-order valence-corrected chi connectivity index (χ1v) is 12.9. The summed E-state index contributed by atoms with van der Waals surface area (Å²) in [6, 6.07) is 6.36. The van der Waals surface area contributed by atoms with E-state index in [2.05, 4.69) is 24.8 Å². The maximum absolute atomic E-state index is 13.1. The molecule has 3 aromatic rings. The van der Waals surface area contributed by atoms with Gasteiger partial charge in [0.25, 0.3) is 0 Å². The summed E-state index contributed by atoms with van der Waals surface area (Å²) in [5.74, 6) is 0.730. The Labute approximate surface area is 222 Å². The summed E-state index contributed by atoms with van der Waals surface area (Å²) >= 11 is 0. The number of halogens is 3. The Balaban J connectivity index is 1.18. The molecule has 1 unspecified atom stereocenters. The molecule has 2 aliphatic heterocycles. The molecule has 2 saturated heterocycles. The van der Waals surface area contributed by atoms with Gasteiger partial charge in [-0.05, 0) is 50.7 Å². The molecule has 206 valence electrons. The third kappa shape index (κ3) is 5.29. The smallest absolute Gasteiger partial charge is 0.464 e. The van der Waals surface area contributed by atoms with Gasteiger partial charge in [0.05, 0.1) is 32.2 Å². The second kappa shape index (κ2) is 10.1. The lowest BCUT2D eigenvalue weighted by atomic mass is 9.99. The number of benzene rings is 1. The van der Waals surface area contributed by atoms with Crippen molar-refractivity contribution in [2.75, 3.05) is 12.0 Å². The van der Waals surface area contributed by atoms with Crippen LogP contribution in [0.1, 0.15) is 66.3 Å². The van der Waals surface area contributed by atoms with Crippen molar-refractivity contribution in [3.63, 3.8) is 0 Å². The molecule has 1 aliphatic carbocycles. The number of rotatable bonds is 8. The minimum atomic E-state index is -4.83. The van der Waals surface area contributed by atoms with Crippen LogP contribution >= 0.6 is 0 Å². The van der Waals surface area contributed by atoms with Gasteiger partial charge in [-0.2, -0.15) is 0 Å². The van der Waals surface area contributed by atoms with Gasteiger partial charge < -0.3 is 23.6 Å². The van der Waals surface area contributed by atoms with Crippen LogP contribution in [0.3, 0.4) is 0 Å². The van der Waals surface area contributed by atoms with Gasteiger partial charge in [-0.15, -0.1) is 13.2 Å². The highest BCUT2D eigenvalue weighted by atomic mass is 19.4. The number of para-hydroxylation sites is 1. The summed E-state index contributed by atoms with van der Waals surface area (Å²) < 4.78 is 60.2. The van der Waals surface area contributed by atoms with E-state index in [1.54, 1.807) is 18.3 Å². The monoisotopic (exact) mass is 544 g/mol. The van der Waals surface area contributed by atoms with Gasteiger partial charge in [0.2, 0.25) is 0 Å². The molecule has 1 aromatic carbocycles. The topological polar surface area (TPSA) is 99.8 Å². The summed E-state index contributed by atoms with van der Waals surface area (Å²) in [6.07, 6.45) is 3.55. The molecule has 3 fully saturated rings. The van der Waals surface area contributed by atoms with E-state index in [0.717, 1.165) is 38.5 Å².